The number of nitrogens with zero attached hydrogens (tertiary/aromatic N) is 4. The largest absolute Gasteiger partial charge is 0.340 e. The van der Waals surface area contributed by atoms with Gasteiger partial charge >= 0.3 is 0 Å². The molecule has 4 aromatic rings. The van der Waals surface area contributed by atoms with Gasteiger partial charge < -0.3 is 10.6 Å². The smallest absolute Gasteiger partial charge is 0.260 e. The number of aromatic nitrogens is 4. The van der Waals surface area contributed by atoms with E-state index >= 15 is 0 Å². The average Bonchev–Trinajstić information content (AvgIpc) is 3.25. The van der Waals surface area contributed by atoms with E-state index in [1.54, 1.807) is 53.5 Å². The Morgan fingerprint density at radius 2 is 1.83 bits per heavy atom. The summed E-state index contributed by atoms with van der Waals surface area (Å²) < 4.78 is 15.5. The summed E-state index contributed by atoms with van der Waals surface area (Å²) in [6.45, 7) is 0. The zero-order valence-corrected chi connectivity index (χ0v) is 15.6. The van der Waals surface area contributed by atoms with Gasteiger partial charge in [-0.05, 0) is 42.5 Å². The molecular formula is C20H14ClFN6O. The molecule has 2 heterocycles. The van der Waals surface area contributed by atoms with E-state index < -0.39 is 11.7 Å². The van der Waals surface area contributed by atoms with E-state index in [1.807, 2.05) is 0 Å². The van der Waals surface area contributed by atoms with E-state index in [0.717, 1.165) is 5.69 Å². The van der Waals surface area contributed by atoms with Crippen molar-refractivity contribution in [3.63, 3.8) is 0 Å². The van der Waals surface area contributed by atoms with Gasteiger partial charge in [0.15, 0.2) is 5.82 Å². The van der Waals surface area contributed by atoms with Crippen molar-refractivity contribution in [2.45, 2.75) is 0 Å². The highest BCUT2D eigenvalue weighted by molar-refractivity contribution is 6.34. The highest BCUT2D eigenvalue weighted by Crippen LogP contribution is 2.22. The SMILES string of the molecule is O=C(Nc1ccc(Nc2cc(-n3cccn3)ncn2)cc1)c1c(F)cccc1Cl. The number of anilines is 3. The molecule has 0 atom stereocenters. The van der Waals surface area contributed by atoms with Crippen LogP contribution >= 0.6 is 11.6 Å². The first-order valence-electron chi connectivity index (χ1n) is 8.55. The fourth-order valence-electron chi connectivity index (χ4n) is 2.64. The van der Waals surface area contributed by atoms with Gasteiger partial charge in [0.25, 0.3) is 5.91 Å². The predicted molar refractivity (Wildman–Crippen MR) is 108 cm³/mol. The highest BCUT2D eigenvalue weighted by Gasteiger charge is 2.15. The molecule has 0 fully saturated rings. The Labute approximate surface area is 170 Å². The maximum atomic E-state index is 13.9. The van der Waals surface area contributed by atoms with Crippen LogP contribution in [-0.2, 0) is 0 Å². The molecular weight excluding hydrogens is 395 g/mol. The highest BCUT2D eigenvalue weighted by atomic mass is 35.5. The van der Waals surface area contributed by atoms with Gasteiger partial charge in [-0.15, -0.1) is 0 Å². The normalized spacial score (nSPS) is 10.6. The molecule has 2 aromatic carbocycles. The van der Waals surface area contributed by atoms with Crippen molar-refractivity contribution in [1.29, 1.82) is 0 Å². The summed E-state index contributed by atoms with van der Waals surface area (Å²) in [7, 11) is 0. The molecule has 0 saturated heterocycles. The molecule has 1 amide bonds. The molecule has 0 spiro atoms. The Bertz CT molecular complexity index is 1130. The molecule has 0 aliphatic heterocycles. The summed E-state index contributed by atoms with van der Waals surface area (Å²) in [6, 6.07) is 14.5. The Kier molecular flexibility index (Phi) is 5.17. The number of hydrogen-bond acceptors (Lipinski definition) is 5. The molecule has 0 unspecified atom stereocenters. The second kappa shape index (κ2) is 8.07. The third-order valence-corrected chi connectivity index (χ3v) is 4.31. The number of hydrogen-bond donors (Lipinski definition) is 2. The summed E-state index contributed by atoms with van der Waals surface area (Å²) in [6.07, 6.45) is 4.88. The molecule has 2 N–H and O–H groups in total. The van der Waals surface area contributed by atoms with Gasteiger partial charge in [0, 0.05) is 29.8 Å². The van der Waals surface area contributed by atoms with Crippen molar-refractivity contribution in [2.75, 3.05) is 10.6 Å². The third kappa shape index (κ3) is 4.22. The molecule has 144 valence electrons. The van der Waals surface area contributed by atoms with Crippen LogP contribution in [0.1, 0.15) is 10.4 Å². The van der Waals surface area contributed by atoms with Crippen LogP contribution in [-0.4, -0.2) is 25.7 Å². The lowest BCUT2D eigenvalue weighted by Gasteiger charge is -2.10. The number of rotatable bonds is 5. The molecule has 0 radical (unpaired) electrons. The topological polar surface area (TPSA) is 84.7 Å². The van der Waals surface area contributed by atoms with E-state index in [4.69, 9.17) is 11.6 Å². The maximum Gasteiger partial charge on any atom is 0.260 e. The second-order valence-electron chi connectivity index (χ2n) is 5.97. The summed E-state index contributed by atoms with van der Waals surface area (Å²) in [5.74, 6) is -0.0860. The van der Waals surface area contributed by atoms with E-state index in [2.05, 4.69) is 25.7 Å². The monoisotopic (exact) mass is 408 g/mol. The van der Waals surface area contributed by atoms with Crippen LogP contribution in [0.5, 0.6) is 0 Å². The Hall–Kier alpha value is -3.78. The average molecular weight is 409 g/mol. The lowest BCUT2D eigenvalue weighted by molar-refractivity contribution is 0.102. The van der Waals surface area contributed by atoms with Gasteiger partial charge in [-0.3, -0.25) is 4.79 Å². The summed E-state index contributed by atoms with van der Waals surface area (Å²) in [5, 5.41) is 9.97. The Morgan fingerprint density at radius 3 is 2.55 bits per heavy atom. The standard InChI is InChI=1S/C20H14ClFN6O/c21-15-3-1-4-16(22)19(15)20(29)27-14-7-5-13(6-8-14)26-17-11-18(24-12-23-17)28-10-2-9-25-28/h1-12H,(H,27,29)(H,23,24,26). The molecule has 0 bridgehead atoms. The number of carbonyl (C=O) groups is 1. The Balaban J connectivity index is 1.46. The van der Waals surface area contributed by atoms with Crippen LogP contribution in [0.3, 0.4) is 0 Å². The lowest BCUT2D eigenvalue weighted by Crippen LogP contribution is -2.14. The van der Waals surface area contributed by atoms with E-state index in [0.29, 0.717) is 17.3 Å². The molecule has 4 rings (SSSR count). The summed E-state index contributed by atoms with van der Waals surface area (Å²) in [5.41, 5.74) is 1.06. The molecule has 29 heavy (non-hydrogen) atoms. The summed E-state index contributed by atoms with van der Waals surface area (Å²) >= 11 is 5.93. The minimum Gasteiger partial charge on any atom is -0.340 e. The number of carbonyl (C=O) groups excluding carboxylic acids is 1. The first-order chi connectivity index (χ1) is 14.1. The van der Waals surface area contributed by atoms with Gasteiger partial charge in [0.2, 0.25) is 0 Å². The van der Waals surface area contributed by atoms with Crippen molar-refractivity contribution < 1.29 is 9.18 Å². The van der Waals surface area contributed by atoms with E-state index in [9.17, 15) is 9.18 Å². The number of nitrogens with one attached hydrogen (secondary N) is 2. The van der Waals surface area contributed by atoms with Gasteiger partial charge in [0.1, 0.15) is 18.0 Å². The number of amides is 1. The molecule has 0 saturated carbocycles. The van der Waals surface area contributed by atoms with Crippen molar-refractivity contribution >= 4 is 34.7 Å². The van der Waals surface area contributed by atoms with Gasteiger partial charge in [-0.2, -0.15) is 5.10 Å². The van der Waals surface area contributed by atoms with Crippen LogP contribution < -0.4 is 10.6 Å². The molecule has 0 aliphatic rings. The minimum atomic E-state index is -0.676. The molecule has 9 heteroatoms. The van der Waals surface area contributed by atoms with Crippen LogP contribution in [0, 0.1) is 5.82 Å². The number of halogens is 2. The minimum absolute atomic E-state index is 0.0533. The summed E-state index contributed by atoms with van der Waals surface area (Å²) in [4.78, 5) is 20.7. The zero-order valence-electron chi connectivity index (χ0n) is 14.9. The van der Waals surface area contributed by atoms with Crippen molar-refractivity contribution in [2.24, 2.45) is 0 Å². The van der Waals surface area contributed by atoms with E-state index in [-0.39, 0.29) is 10.6 Å². The van der Waals surface area contributed by atoms with Crippen molar-refractivity contribution in [3.8, 4) is 5.82 Å². The van der Waals surface area contributed by atoms with Crippen LogP contribution in [0.4, 0.5) is 21.6 Å². The second-order valence-corrected chi connectivity index (χ2v) is 6.37. The quantitative estimate of drug-likeness (QED) is 0.509. The van der Waals surface area contributed by atoms with Crippen LogP contribution in [0.15, 0.2) is 73.3 Å². The molecule has 2 aromatic heterocycles. The first-order valence-corrected chi connectivity index (χ1v) is 8.92. The van der Waals surface area contributed by atoms with Crippen molar-refractivity contribution in [1.82, 2.24) is 19.7 Å². The zero-order chi connectivity index (χ0) is 20.2. The van der Waals surface area contributed by atoms with E-state index in [1.165, 1.54) is 24.5 Å². The van der Waals surface area contributed by atoms with Gasteiger partial charge in [0.05, 0.1) is 10.6 Å². The molecule has 0 aliphatic carbocycles. The lowest BCUT2D eigenvalue weighted by atomic mass is 10.2. The van der Waals surface area contributed by atoms with Gasteiger partial charge in [-0.25, -0.2) is 19.0 Å². The fourth-order valence-corrected chi connectivity index (χ4v) is 2.89. The fraction of sp³-hybridized carbons (Fsp3) is 0. The third-order valence-electron chi connectivity index (χ3n) is 4.00. The van der Waals surface area contributed by atoms with Crippen LogP contribution in [0.2, 0.25) is 5.02 Å². The predicted octanol–water partition coefficient (Wildman–Crippen LogP) is 4.45. The Morgan fingerprint density at radius 1 is 1.03 bits per heavy atom. The van der Waals surface area contributed by atoms with Crippen molar-refractivity contribution in [3.05, 3.63) is 89.7 Å². The first kappa shape index (κ1) is 18.6. The number of benzene rings is 2. The van der Waals surface area contributed by atoms with Crippen LogP contribution in [0.25, 0.3) is 5.82 Å². The maximum absolute atomic E-state index is 13.9. The molecule has 7 nitrogen and oxygen atoms in total. The van der Waals surface area contributed by atoms with Gasteiger partial charge in [-0.1, -0.05) is 17.7 Å².